The third-order valence-electron chi connectivity index (χ3n) is 6.66. The molecule has 9 heteroatoms. The number of halogens is 1. The van der Waals surface area contributed by atoms with Crippen LogP contribution in [0.1, 0.15) is 54.5 Å². The molecule has 1 fully saturated rings. The van der Waals surface area contributed by atoms with Crippen LogP contribution in [-0.2, 0) is 11.2 Å². The molecule has 34 heavy (non-hydrogen) atoms. The normalized spacial score (nSPS) is 17.8. The number of benzene rings is 1. The summed E-state index contributed by atoms with van der Waals surface area (Å²) < 4.78 is 2.01. The fourth-order valence-corrected chi connectivity index (χ4v) is 5.15. The predicted octanol–water partition coefficient (Wildman–Crippen LogP) is 4.73. The fraction of sp³-hybridized carbons (Fsp3) is 0.320. The van der Waals surface area contributed by atoms with Gasteiger partial charge in [-0.1, -0.05) is 30.5 Å². The van der Waals surface area contributed by atoms with Crippen molar-refractivity contribution in [3.63, 3.8) is 0 Å². The highest BCUT2D eigenvalue weighted by Gasteiger charge is 2.36. The Bertz CT molecular complexity index is 1360. The minimum Gasteiger partial charge on any atom is -0.354 e. The van der Waals surface area contributed by atoms with E-state index in [0.717, 1.165) is 41.5 Å². The lowest BCUT2D eigenvalue weighted by molar-refractivity contribution is -0.116. The molecule has 1 aliphatic carbocycles. The van der Waals surface area contributed by atoms with Crippen LogP contribution in [-0.4, -0.2) is 37.2 Å². The molecule has 1 aromatic carbocycles. The highest BCUT2D eigenvalue weighted by Crippen LogP contribution is 2.41. The number of hydrogen-bond donors (Lipinski definition) is 2. The van der Waals surface area contributed by atoms with Gasteiger partial charge in [0.15, 0.2) is 5.65 Å². The van der Waals surface area contributed by atoms with Gasteiger partial charge in [-0.25, -0.2) is 4.98 Å². The van der Waals surface area contributed by atoms with Gasteiger partial charge in [0.1, 0.15) is 5.92 Å². The van der Waals surface area contributed by atoms with Gasteiger partial charge in [0, 0.05) is 35.8 Å². The van der Waals surface area contributed by atoms with Crippen LogP contribution < -0.4 is 10.6 Å². The number of pyridine rings is 1. The molecule has 0 radical (unpaired) electrons. The van der Waals surface area contributed by atoms with Crippen molar-refractivity contribution in [1.82, 2.24) is 24.7 Å². The first kappa shape index (κ1) is 21.0. The Morgan fingerprint density at radius 2 is 2.06 bits per heavy atom. The minimum atomic E-state index is -0.570. The number of carbonyl (C=O) groups is 1. The van der Waals surface area contributed by atoms with E-state index in [2.05, 4.69) is 15.6 Å². The lowest BCUT2D eigenvalue weighted by Gasteiger charge is -2.12. The zero-order valence-electron chi connectivity index (χ0n) is 18.5. The van der Waals surface area contributed by atoms with Gasteiger partial charge < -0.3 is 10.6 Å². The standard InChI is InChI=1S/C25H24ClN7O/c26-16-7-8-20-18(12-16)21(24(34)29-20)22-19-14-33(17-5-1-2-6-17)32-23(19)31-25(30-22)28-11-9-15-4-3-10-27-13-15/h3-4,7-8,10,12-14,17,21H,1-2,5-6,9,11H2,(H,29,34)(H,28,31,32). The Labute approximate surface area is 201 Å². The van der Waals surface area contributed by atoms with Crippen LogP contribution in [0.25, 0.3) is 11.0 Å². The van der Waals surface area contributed by atoms with E-state index < -0.39 is 5.92 Å². The van der Waals surface area contributed by atoms with Gasteiger partial charge in [-0.3, -0.25) is 14.5 Å². The van der Waals surface area contributed by atoms with Crippen LogP contribution in [0.4, 0.5) is 11.6 Å². The van der Waals surface area contributed by atoms with Gasteiger partial charge in [0.25, 0.3) is 0 Å². The number of aromatic nitrogens is 5. The van der Waals surface area contributed by atoms with Crippen molar-refractivity contribution in [1.29, 1.82) is 0 Å². The summed E-state index contributed by atoms with van der Waals surface area (Å²) in [6, 6.07) is 9.78. The molecular weight excluding hydrogens is 450 g/mol. The summed E-state index contributed by atoms with van der Waals surface area (Å²) in [6.45, 7) is 0.638. The number of hydrogen-bond acceptors (Lipinski definition) is 6. The van der Waals surface area contributed by atoms with Crippen molar-refractivity contribution in [2.24, 2.45) is 0 Å². The maximum Gasteiger partial charge on any atom is 0.238 e. The topological polar surface area (TPSA) is 97.6 Å². The summed E-state index contributed by atoms with van der Waals surface area (Å²) in [6.07, 6.45) is 11.0. The number of rotatable bonds is 6. The first-order chi connectivity index (χ1) is 16.7. The maximum absolute atomic E-state index is 13.1. The second kappa shape index (κ2) is 8.68. The van der Waals surface area contributed by atoms with Gasteiger partial charge in [-0.15, -0.1) is 0 Å². The quantitative estimate of drug-likeness (QED) is 0.420. The summed E-state index contributed by atoms with van der Waals surface area (Å²) in [4.78, 5) is 26.8. The zero-order chi connectivity index (χ0) is 23.1. The number of amides is 1. The first-order valence-electron chi connectivity index (χ1n) is 11.7. The molecule has 0 saturated heterocycles. The Hall–Kier alpha value is -3.52. The van der Waals surface area contributed by atoms with E-state index in [0.29, 0.717) is 34.9 Å². The van der Waals surface area contributed by atoms with Gasteiger partial charge in [0.05, 0.1) is 17.1 Å². The molecule has 0 bridgehead atoms. The second-order valence-electron chi connectivity index (χ2n) is 8.91. The molecule has 4 aromatic rings. The Morgan fingerprint density at radius 3 is 2.88 bits per heavy atom. The van der Waals surface area contributed by atoms with Crippen LogP contribution in [0.5, 0.6) is 0 Å². The number of carbonyl (C=O) groups excluding carboxylic acids is 1. The van der Waals surface area contributed by atoms with Gasteiger partial charge in [0.2, 0.25) is 11.9 Å². The second-order valence-corrected chi connectivity index (χ2v) is 9.35. The Kier molecular flexibility index (Phi) is 5.37. The van der Waals surface area contributed by atoms with Crippen LogP contribution in [0.3, 0.4) is 0 Å². The predicted molar refractivity (Wildman–Crippen MR) is 131 cm³/mol. The van der Waals surface area contributed by atoms with E-state index in [1.807, 2.05) is 41.3 Å². The summed E-state index contributed by atoms with van der Waals surface area (Å²) in [5.74, 6) is -0.224. The van der Waals surface area contributed by atoms with E-state index in [1.165, 1.54) is 12.8 Å². The Balaban J connectivity index is 1.40. The fourth-order valence-electron chi connectivity index (χ4n) is 4.97. The van der Waals surface area contributed by atoms with E-state index in [-0.39, 0.29) is 5.91 Å². The third kappa shape index (κ3) is 3.88. The van der Waals surface area contributed by atoms with E-state index in [9.17, 15) is 4.79 Å². The zero-order valence-corrected chi connectivity index (χ0v) is 19.3. The van der Waals surface area contributed by atoms with Crippen molar-refractivity contribution >= 4 is 40.2 Å². The average Bonchev–Trinajstić information content (AvgIpc) is 3.57. The molecular formula is C25H24ClN7O. The molecule has 172 valence electrons. The van der Waals surface area contributed by atoms with E-state index >= 15 is 0 Å². The van der Waals surface area contributed by atoms with Crippen LogP contribution >= 0.6 is 11.6 Å². The molecule has 1 atom stereocenters. The lowest BCUT2D eigenvalue weighted by atomic mass is 9.95. The van der Waals surface area contributed by atoms with Gasteiger partial charge in [-0.2, -0.15) is 10.1 Å². The van der Waals surface area contributed by atoms with Crippen molar-refractivity contribution in [3.8, 4) is 0 Å². The summed E-state index contributed by atoms with van der Waals surface area (Å²) in [5, 5.41) is 12.5. The monoisotopic (exact) mass is 473 g/mol. The van der Waals surface area contributed by atoms with Crippen molar-refractivity contribution < 1.29 is 4.79 Å². The number of fused-ring (bicyclic) bond motifs is 2. The van der Waals surface area contributed by atoms with E-state index in [4.69, 9.17) is 26.7 Å². The molecule has 1 saturated carbocycles. The van der Waals surface area contributed by atoms with Crippen LogP contribution in [0, 0.1) is 0 Å². The molecule has 2 N–H and O–H groups in total. The highest BCUT2D eigenvalue weighted by molar-refractivity contribution is 6.31. The van der Waals surface area contributed by atoms with Crippen molar-refractivity contribution in [2.75, 3.05) is 17.2 Å². The minimum absolute atomic E-state index is 0.118. The number of anilines is 2. The molecule has 1 amide bonds. The molecule has 0 spiro atoms. The van der Waals surface area contributed by atoms with Crippen molar-refractivity contribution in [3.05, 3.63) is 70.8 Å². The highest BCUT2D eigenvalue weighted by atomic mass is 35.5. The van der Waals surface area contributed by atoms with Crippen LogP contribution in [0.2, 0.25) is 5.02 Å². The lowest BCUT2D eigenvalue weighted by Crippen LogP contribution is -2.17. The summed E-state index contributed by atoms with van der Waals surface area (Å²) in [7, 11) is 0. The first-order valence-corrected chi connectivity index (χ1v) is 12.0. The SMILES string of the molecule is O=C1Nc2ccc(Cl)cc2C1c1nc(NCCc2cccnc2)nc2nn(C3CCCC3)cc12. The molecule has 1 aliphatic heterocycles. The molecule has 1 unspecified atom stereocenters. The maximum atomic E-state index is 13.1. The average molecular weight is 474 g/mol. The third-order valence-corrected chi connectivity index (χ3v) is 6.90. The molecule has 6 rings (SSSR count). The number of nitrogens with zero attached hydrogens (tertiary/aromatic N) is 5. The van der Waals surface area contributed by atoms with Crippen LogP contribution in [0.15, 0.2) is 48.9 Å². The summed E-state index contributed by atoms with van der Waals surface area (Å²) in [5.41, 5.74) is 3.97. The van der Waals surface area contributed by atoms with Gasteiger partial charge in [-0.05, 0) is 54.7 Å². The molecule has 8 nitrogen and oxygen atoms in total. The largest absolute Gasteiger partial charge is 0.354 e. The molecule has 4 heterocycles. The van der Waals surface area contributed by atoms with Crippen molar-refractivity contribution in [2.45, 2.75) is 44.1 Å². The van der Waals surface area contributed by atoms with E-state index in [1.54, 1.807) is 12.3 Å². The number of nitrogens with one attached hydrogen (secondary N) is 2. The van der Waals surface area contributed by atoms with Gasteiger partial charge >= 0.3 is 0 Å². The Morgan fingerprint density at radius 1 is 1.18 bits per heavy atom. The molecule has 2 aliphatic rings. The molecule has 3 aromatic heterocycles. The summed E-state index contributed by atoms with van der Waals surface area (Å²) >= 11 is 6.28. The smallest absolute Gasteiger partial charge is 0.238 e.